The van der Waals surface area contributed by atoms with Gasteiger partial charge in [0.2, 0.25) is 5.90 Å². The molecule has 0 bridgehead atoms. The Bertz CT molecular complexity index is 2020. The van der Waals surface area contributed by atoms with Crippen LogP contribution in [0.25, 0.3) is 10.4 Å². The summed E-state index contributed by atoms with van der Waals surface area (Å²) in [7, 11) is -3.97. The van der Waals surface area contributed by atoms with Gasteiger partial charge in [0.15, 0.2) is 21.5 Å². The number of ether oxygens (including phenoxy) is 2. The normalized spacial score (nSPS) is 17.2. The van der Waals surface area contributed by atoms with E-state index in [0.29, 0.717) is 17.7 Å². The van der Waals surface area contributed by atoms with E-state index in [1.54, 1.807) is 60.7 Å². The second-order valence-corrected chi connectivity index (χ2v) is 13.5. The Morgan fingerprint density at radius 1 is 1.02 bits per heavy atom. The molecule has 266 valence electrons. The average molecular weight is 723 g/mol. The van der Waals surface area contributed by atoms with Gasteiger partial charge < -0.3 is 14.6 Å². The van der Waals surface area contributed by atoms with E-state index in [0.717, 1.165) is 12.1 Å². The fraction of sp³-hybridized carbons (Fsp3) is 0.257. The lowest BCUT2D eigenvalue weighted by atomic mass is 9.84. The first-order valence-corrected chi connectivity index (χ1v) is 17.3. The monoisotopic (exact) mass is 722 g/mol. The van der Waals surface area contributed by atoms with Crippen LogP contribution in [0.4, 0.5) is 18.9 Å². The van der Waals surface area contributed by atoms with E-state index in [-0.39, 0.29) is 47.4 Å². The number of benzene rings is 4. The van der Waals surface area contributed by atoms with E-state index in [4.69, 9.17) is 19.6 Å². The number of hydrogen-bond donors (Lipinski definition) is 3. The molecule has 4 aromatic carbocycles. The van der Waals surface area contributed by atoms with Gasteiger partial charge >= 0.3 is 6.18 Å². The molecule has 1 heterocycles. The van der Waals surface area contributed by atoms with E-state index in [2.05, 4.69) is 20.9 Å². The summed E-state index contributed by atoms with van der Waals surface area (Å²) < 4.78 is 79.1. The number of aliphatic hydroxyl groups excluding tert-OH is 1. The number of nitrogens with zero attached hydrogens (tertiary/aromatic N) is 4. The van der Waals surface area contributed by atoms with Gasteiger partial charge in [-0.2, -0.15) is 13.2 Å². The SMILES string of the molecule is [N-]=[N+]=Nc1ccccc1[C@@H]1OC(c2ccc(OCCCO)cc2)=N[C@]1(CCS(=O)(=O)c1ccccc1)C(=O)NNCc1cccc(C(F)(F)F)c1. The average Bonchev–Trinajstić information content (AvgIpc) is 3.52. The molecule has 0 radical (unpaired) electrons. The van der Waals surface area contributed by atoms with Crippen molar-refractivity contribution >= 4 is 27.3 Å². The van der Waals surface area contributed by atoms with Crippen LogP contribution < -0.4 is 15.6 Å². The first-order chi connectivity index (χ1) is 24.5. The van der Waals surface area contributed by atoms with Crippen LogP contribution in [0, 0.1) is 0 Å². The third-order valence-corrected chi connectivity index (χ3v) is 9.74. The number of sulfone groups is 1. The molecular formula is C35H33F3N6O6S. The third kappa shape index (κ3) is 8.85. The zero-order valence-electron chi connectivity index (χ0n) is 27.0. The standard InChI is InChI=1S/C35H33F3N6O6S/c36-35(37,38)26-9-6-8-24(22-26)23-40-43-33(46)34(18-21-51(47,48)28-10-2-1-3-11-28)31(29-12-4-5-13-30(29)42-44-39)50-32(41-34)25-14-16-27(17-15-25)49-20-7-19-45/h1-6,8-17,22,31,40,45H,7,18-21,23H2,(H,43,46)/t31-,34-/m0/s1. The van der Waals surface area contributed by atoms with Crippen LogP contribution in [0.5, 0.6) is 5.75 Å². The lowest BCUT2D eigenvalue weighted by molar-refractivity contribution is -0.137. The number of halogens is 3. The maximum absolute atomic E-state index is 14.4. The van der Waals surface area contributed by atoms with Gasteiger partial charge in [-0.05, 0) is 53.6 Å². The molecular weight excluding hydrogens is 689 g/mol. The number of hydrogen-bond acceptors (Lipinski definition) is 9. The molecule has 16 heteroatoms. The summed E-state index contributed by atoms with van der Waals surface area (Å²) in [5, 5.41) is 12.8. The fourth-order valence-electron chi connectivity index (χ4n) is 5.42. The third-order valence-electron chi connectivity index (χ3n) is 8.00. The van der Waals surface area contributed by atoms with Gasteiger partial charge in [0.1, 0.15) is 5.75 Å². The number of alkyl halides is 3. The summed E-state index contributed by atoms with van der Waals surface area (Å²) in [6.07, 6.45) is -5.88. The summed E-state index contributed by atoms with van der Waals surface area (Å²) in [6.45, 7) is 0.0157. The van der Waals surface area contributed by atoms with Gasteiger partial charge in [0.05, 0.1) is 22.8 Å². The number of carbonyl (C=O) groups is 1. The van der Waals surface area contributed by atoms with Gasteiger partial charge in [-0.3, -0.25) is 10.2 Å². The van der Waals surface area contributed by atoms with Crippen molar-refractivity contribution in [2.24, 2.45) is 10.1 Å². The number of hydrazine groups is 1. The van der Waals surface area contributed by atoms with Crippen molar-refractivity contribution < 1.29 is 41.0 Å². The van der Waals surface area contributed by atoms with Gasteiger partial charge in [-0.15, -0.1) is 0 Å². The Morgan fingerprint density at radius 2 is 1.75 bits per heavy atom. The highest BCUT2D eigenvalue weighted by atomic mass is 32.2. The van der Waals surface area contributed by atoms with Gasteiger partial charge in [0.25, 0.3) is 5.91 Å². The van der Waals surface area contributed by atoms with E-state index in [9.17, 15) is 31.9 Å². The Hall–Kier alpha value is -5.41. The molecule has 0 unspecified atom stereocenters. The Kier molecular flexibility index (Phi) is 11.6. The number of carbonyl (C=O) groups excluding carboxylic acids is 1. The number of azide groups is 1. The van der Waals surface area contributed by atoms with Crippen LogP contribution in [-0.2, 0) is 32.1 Å². The first kappa shape index (κ1) is 36.9. The molecule has 1 aliphatic heterocycles. The van der Waals surface area contributed by atoms with E-state index in [1.165, 1.54) is 30.3 Å². The van der Waals surface area contributed by atoms with Crippen LogP contribution in [0.3, 0.4) is 0 Å². The van der Waals surface area contributed by atoms with Crippen molar-refractivity contribution in [2.45, 2.75) is 42.1 Å². The molecule has 3 N–H and O–H groups in total. The van der Waals surface area contributed by atoms with Crippen molar-refractivity contribution in [1.82, 2.24) is 10.9 Å². The molecule has 0 aliphatic carbocycles. The zero-order valence-corrected chi connectivity index (χ0v) is 27.8. The van der Waals surface area contributed by atoms with Crippen LogP contribution in [0.1, 0.15) is 41.2 Å². The Balaban J connectivity index is 1.55. The molecule has 5 rings (SSSR count). The smallest absolute Gasteiger partial charge is 0.416 e. The quantitative estimate of drug-likeness (QED) is 0.0421. The lowest BCUT2D eigenvalue weighted by Gasteiger charge is -2.31. The van der Waals surface area contributed by atoms with Crippen LogP contribution in [0.2, 0.25) is 0 Å². The molecule has 4 aromatic rings. The number of rotatable bonds is 15. The van der Waals surface area contributed by atoms with Crippen molar-refractivity contribution in [3.05, 3.63) is 136 Å². The minimum atomic E-state index is -4.57. The minimum absolute atomic E-state index is 0.0224. The number of aliphatic hydroxyl groups is 1. The van der Waals surface area contributed by atoms with E-state index < -0.39 is 51.3 Å². The van der Waals surface area contributed by atoms with Crippen LogP contribution in [-0.4, -0.2) is 49.8 Å². The summed E-state index contributed by atoms with van der Waals surface area (Å²) in [6, 6.07) is 25.0. The predicted molar refractivity (Wildman–Crippen MR) is 182 cm³/mol. The summed E-state index contributed by atoms with van der Waals surface area (Å²) in [5.74, 6) is -0.941. The Morgan fingerprint density at radius 3 is 2.45 bits per heavy atom. The molecule has 0 aromatic heterocycles. The van der Waals surface area contributed by atoms with Crippen molar-refractivity contribution in [3.8, 4) is 5.75 Å². The number of aliphatic imine (C=N–C) groups is 1. The van der Waals surface area contributed by atoms with Crippen molar-refractivity contribution in [2.75, 3.05) is 19.0 Å². The highest BCUT2D eigenvalue weighted by Crippen LogP contribution is 2.46. The zero-order chi connectivity index (χ0) is 36.5. The first-order valence-electron chi connectivity index (χ1n) is 15.7. The fourth-order valence-corrected chi connectivity index (χ4v) is 6.81. The molecule has 0 fully saturated rings. The number of nitrogens with one attached hydrogen (secondary N) is 2. The topological polar surface area (TPSA) is 175 Å². The van der Waals surface area contributed by atoms with Crippen molar-refractivity contribution in [3.63, 3.8) is 0 Å². The van der Waals surface area contributed by atoms with Gasteiger partial charge in [0, 0.05) is 47.7 Å². The molecule has 1 amide bonds. The van der Waals surface area contributed by atoms with Crippen LogP contribution in [0.15, 0.2) is 118 Å². The number of amides is 1. The van der Waals surface area contributed by atoms with Crippen LogP contribution >= 0.6 is 0 Å². The second kappa shape index (κ2) is 16.1. The minimum Gasteiger partial charge on any atom is -0.494 e. The van der Waals surface area contributed by atoms with Gasteiger partial charge in [-0.25, -0.2) is 18.8 Å². The maximum atomic E-state index is 14.4. The Labute approximate surface area is 291 Å². The molecule has 2 atom stereocenters. The molecule has 0 saturated heterocycles. The lowest BCUT2D eigenvalue weighted by Crippen LogP contribution is -2.53. The molecule has 51 heavy (non-hydrogen) atoms. The predicted octanol–water partition coefficient (Wildman–Crippen LogP) is 6.35. The molecule has 0 saturated carbocycles. The summed E-state index contributed by atoms with van der Waals surface area (Å²) >= 11 is 0. The second-order valence-electron chi connectivity index (χ2n) is 11.4. The van der Waals surface area contributed by atoms with Gasteiger partial charge in [-0.1, -0.05) is 65.8 Å². The van der Waals surface area contributed by atoms with Crippen molar-refractivity contribution in [1.29, 1.82) is 0 Å². The summed E-state index contributed by atoms with van der Waals surface area (Å²) in [4.78, 5) is 22.0. The van der Waals surface area contributed by atoms with E-state index in [1.807, 2.05) is 0 Å². The highest BCUT2D eigenvalue weighted by Gasteiger charge is 2.54. The molecule has 12 nitrogen and oxygen atoms in total. The highest BCUT2D eigenvalue weighted by molar-refractivity contribution is 7.91. The molecule has 1 aliphatic rings. The summed E-state index contributed by atoms with van der Waals surface area (Å²) in [5.41, 5.74) is 12.6. The maximum Gasteiger partial charge on any atom is 0.416 e. The largest absolute Gasteiger partial charge is 0.494 e. The van der Waals surface area contributed by atoms with E-state index >= 15 is 0 Å². The molecule has 0 spiro atoms.